The number of nitrogens with one attached hydrogen (secondary N) is 1. The molecule has 0 amide bonds. The van der Waals surface area contributed by atoms with E-state index in [1.807, 2.05) is 0 Å². The van der Waals surface area contributed by atoms with Crippen molar-refractivity contribution in [1.29, 1.82) is 0 Å². The summed E-state index contributed by atoms with van der Waals surface area (Å²) in [6, 6.07) is 1.46. The lowest BCUT2D eigenvalue weighted by atomic mass is 9.89. The predicted octanol–water partition coefficient (Wildman–Crippen LogP) is 1.79. The Hall–Kier alpha value is -0.120. The quantitative estimate of drug-likeness (QED) is 0.809. The van der Waals surface area contributed by atoms with E-state index in [4.69, 9.17) is 0 Å². The first-order valence-electron chi connectivity index (χ1n) is 7.58. The van der Waals surface area contributed by atoms with Crippen LogP contribution >= 0.6 is 0 Å². The van der Waals surface area contributed by atoms with Crippen molar-refractivity contribution in [3.05, 3.63) is 0 Å². The van der Waals surface area contributed by atoms with Gasteiger partial charge in [0.1, 0.15) is 0 Å². The number of piperidine rings is 1. The molecule has 2 aliphatic rings. The Labute approximate surface area is 113 Å². The van der Waals surface area contributed by atoms with Crippen molar-refractivity contribution in [3.8, 4) is 0 Å². The standard InChI is InChI=1S/C15H31N3/c1-12(2)14-9-16-15(3,4)11-18(14)13-7-6-8-17(5)10-13/h12-14,16H,6-11H2,1-5H3. The molecule has 106 valence electrons. The first-order chi connectivity index (χ1) is 8.39. The Morgan fingerprint density at radius 2 is 2.00 bits per heavy atom. The highest BCUT2D eigenvalue weighted by Crippen LogP contribution is 2.26. The minimum atomic E-state index is 0.265. The maximum Gasteiger partial charge on any atom is 0.0253 e. The zero-order chi connectivity index (χ0) is 13.3. The van der Waals surface area contributed by atoms with E-state index in [1.165, 1.54) is 32.5 Å². The zero-order valence-electron chi connectivity index (χ0n) is 12.9. The third kappa shape index (κ3) is 3.25. The molecular formula is C15H31N3. The van der Waals surface area contributed by atoms with Crippen LogP contribution in [0.4, 0.5) is 0 Å². The summed E-state index contributed by atoms with van der Waals surface area (Å²) in [6.45, 7) is 14.3. The van der Waals surface area contributed by atoms with Crippen LogP contribution in [0, 0.1) is 5.92 Å². The fourth-order valence-electron chi connectivity index (χ4n) is 3.56. The molecule has 18 heavy (non-hydrogen) atoms. The van der Waals surface area contributed by atoms with Gasteiger partial charge in [0, 0.05) is 37.3 Å². The first kappa shape index (κ1) is 14.3. The summed E-state index contributed by atoms with van der Waals surface area (Å²) < 4.78 is 0. The second-order valence-electron chi connectivity index (χ2n) is 7.31. The van der Waals surface area contributed by atoms with Gasteiger partial charge in [0.2, 0.25) is 0 Å². The SMILES string of the molecule is CC(C)C1CNC(C)(C)CN1C1CCCN(C)C1. The molecule has 2 saturated heterocycles. The number of nitrogens with zero attached hydrogens (tertiary/aromatic N) is 2. The van der Waals surface area contributed by atoms with Gasteiger partial charge in [0.05, 0.1) is 0 Å². The minimum Gasteiger partial charge on any atom is -0.309 e. The Kier molecular flexibility index (Phi) is 4.35. The van der Waals surface area contributed by atoms with Gasteiger partial charge >= 0.3 is 0 Å². The number of hydrogen-bond acceptors (Lipinski definition) is 3. The Morgan fingerprint density at radius 1 is 1.28 bits per heavy atom. The van der Waals surface area contributed by atoms with Crippen LogP contribution < -0.4 is 5.32 Å². The summed E-state index contributed by atoms with van der Waals surface area (Å²) in [6.07, 6.45) is 2.74. The fourth-order valence-corrected chi connectivity index (χ4v) is 3.56. The molecular weight excluding hydrogens is 222 g/mol. The van der Waals surface area contributed by atoms with E-state index in [-0.39, 0.29) is 5.54 Å². The van der Waals surface area contributed by atoms with Gasteiger partial charge in [-0.15, -0.1) is 0 Å². The van der Waals surface area contributed by atoms with Gasteiger partial charge in [-0.25, -0.2) is 0 Å². The molecule has 3 heteroatoms. The van der Waals surface area contributed by atoms with Crippen LogP contribution in [0.5, 0.6) is 0 Å². The van der Waals surface area contributed by atoms with Crippen LogP contribution in [-0.2, 0) is 0 Å². The molecule has 2 fully saturated rings. The Morgan fingerprint density at radius 3 is 2.61 bits per heavy atom. The largest absolute Gasteiger partial charge is 0.309 e. The van der Waals surface area contributed by atoms with Crippen molar-refractivity contribution < 1.29 is 0 Å². The van der Waals surface area contributed by atoms with Crippen molar-refractivity contribution in [3.63, 3.8) is 0 Å². The third-order valence-electron chi connectivity index (χ3n) is 4.63. The van der Waals surface area contributed by atoms with Crippen molar-refractivity contribution in [2.75, 3.05) is 33.2 Å². The number of hydrogen-bond donors (Lipinski definition) is 1. The van der Waals surface area contributed by atoms with Crippen LogP contribution in [0.2, 0.25) is 0 Å². The molecule has 0 aromatic rings. The molecule has 0 spiro atoms. The van der Waals surface area contributed by atoms with E-state index in [2.05, 4.69) is 49.9 Å². The summed E-state index contributed by atoms with van der Waals surface area (Å²) in [7, 11) is 2.27. The lowest BCUT2D eigenvalue weighted by Crippen LogP contribution is -2.66. The van der Waals surface area contributed by atoms with Gasteiger partial charge in [-0.05, 0) is 46.2 Å². The molecule has 2 atom stereocenters. The highest BCUT2D eigenvalue weighted by atomic mass is 15.3. The van der Waals surface area contributed by atoms with E-state index in [0.29, 0.717) is 6.04 Å². The number of rotatable bonds is 2. The lowest BCUT2D eigenvalue weighted by molar-refractivity contribution is 0.00537. The summed E-state index contributed by atoms with van der Waals surface area (Å²) in [5, 5.41) is 3.71. The van der Waals surface area contributed by atoms with E-state index in [9.17, 15) is 0 Å². The molecule has 0 radical (unpaired) electrons. The van der Waals surface area contributed by atoms with E-state index >= 15 is 0 Å². The highest BCUT2D eigenvalue weighted by molar-refractivity contribution is 4.97. The van der Waals surface area contributed by atoms with Gasteiger partial charge in [-0.3, -0.25) is 4.90 Å². The Bertz CT molecular complexity index is 275. The molecule has 0 aliphatic carbocycles. The van der Waals surface area contributed by atoms with Crippen molar-refractivity contribution >= 4 is 0 Å². The maximum absolute atomic E-state index is 3.71. The molecule has 1 N–H and O–H groups in total. The monoisotopic (exact) mass is 253 g/mol. The van der Waals surface area contributed by atoms with Crippen molar-refractivity contribution in [2.24, 2.45) is 5.92 Å². The molecule has 3 nitrogen and oxygen atoms in total. The fraction of sp³-hybridized carbons (Fsp3) is 1.00. The van der Waals surface area contributed by atoms with Crippen molar-refractivity contribution in [1.82, 2.24) is 15.1 Å². The van der Waals surface area contributed by atoms with Gasteiger partial charge in [0.25, 0.3) is 0 Å². The summed E-state index contributed by atoms with van der Waals surface area (Å²) in [5.74, 6) is 0.737. The molecule has 0 saturated carbocycles. The smallest absolute Gasteiger partial charge is 0.0253 e. The van der Waals surface area contributed by atoms with Gasteiger partial charge in [-0.2, -0.15) is 0 Å². The molecule has 0 aromatic carbocycles. The van der Waals surface area contributed by atoms with Gasteiger partial charge in [0.15, 0.2) is 0 Å². The van der Waals surface area contributed by atoms with Crippen molar-refractivity contribution in [2.45, 2.75) is 58.2 Å². The van der Waals surface area contributed by atoms with Crippen LogP contribution in [0.3, 0.4) is 0 Å². The van der Waals surface area contributed by atoms with E-state index < -0.39 is 0 Å². The summed E-state index contributed by atoms with van der Waals surface area (Å²) in [5.41, 5.74) is 0.265. The minimum absolute atomic E-state index is 0.265. The average molecular weight is 253 g/mol. The van der Waals surface area contributed by atoms with Gasteiger partial charge < -0.3 is 10.2 Å². The topological polar surface area (TPSA) is 18.5 Å². The number of piperazine rings is 1. The summed E-state index contributed by atoms with van der Waals surface area (Å²) >= 11 is 0. The highest BCUT2D eigenvalue weighted by Gasteiger charge is 2.38. The molecule has 2 heterocycles. The van der Waals surface area contributed by atoms with Crippen LogP contribution in [-0.4, -0.2) is 60.6 Å². The first-order valence-corrected chi connectivity index (χ1v) is 7.58. The van der Waals surface area contributed by atoms with E-state index in [0.717, 1.165) is 18.5 Å². The van der Waals surface area contributed by atoms with Crippen LogP contribution in [0.15, 0.2) is 0 Å². The van der Waals surface area contributed by atoms with Gasteiger partial charge in [-0.1, -0.05) is 13.8 Å². The second-order valence-corrected chi connectivity index (χ2v) is 7.31. The second kappa shape index (κ2) is 5.48. The lowest BCUT2D eigenvalue weighted by Gasteiger charge is -2.51. The molecule has 2 aliphatic heterocycles. The third-order valence-corrected chi connectivity index (χ3v) is 4.63. The predicted molar refractivity (Wildman–Crippen MR) is 77.9 cm³/mol. The Balaban J connectivity index is 2.09. The molecule has 0 aromatic heterocycles. The van der Waals surface area contributed by atoms with Crippen LogP contribution in [0.1, 0.15) is 40.5 Å². The molecule has 2 rings (SSSR count). The average Bonchev–Trinajstić information content (AvgIpc) is 2.27. The maximum atomic E-state index is 3.71. The summed E-state index contributed by atoms with van der Waals surface area (Å²) in [4.78, 5) is 5.30. The normalized spacial score (nSPS) is 35.0. The number of likely N-dealkylation sites (tertiary alicyclic amines) is 1. The number of likely N-dealkylation sites (N-methyl/N-ethyl adjacent to an activating group) is 1. The molecule has 0 bridgehead atoms. The zero-order valence-corrected chi connectivity index (χ0v) is 12.9. The molecule has 2 unspecified atom stereocenters. The van der Waals surface area contributed by atoms with E-state index in [1.54, 1.807) is 0 Å². The van der Waals surface area contributed by atoms with Crippen LogP contribution in [0.25, 0.3) is 0 Å².